The van der Waals surface area contributed by atoms with Crippen molar-refractivity contribution in [2.75, 3.05) is 6.54 Å². The molecule has 1 aromatic rings. The van der Waals surface area contributed by atoms with Crippen molar-refractivity contribution < 1.29 is 36.2 Å². The molecule has 118 valence electrons. The normalized spacial score (nSPS) is 14.0. The number of hydrogen-bond acceptors (Lipinski definition) is 2. The Morgan fingerprint density at radius 1 is 1.05 bits per heavy atom. The number of alkyl halides is 6. The molecule has 0 saturated carbocycles. The van der Waals surface area contributed by atoms with Gasteiger partial charge in [0.2, 0.25) is 0 Å². The first kappa shape index (κ1) is 17.3. The highest BCUT2D eigenvalue weighted by molar-refractivity contribution is 5.68. The van der Waals surface area contributed by atoms with Crippen LogP contribution in [0, 0.1) is 0 Å². The van der Waals surface area contributed by atoms with Gasteiger partial charge in [0.1, 0.15) is 0 Å². The molecule has 0 amide bonds. The fraction of sp³-hybridized carbons (Fsp3) is 0.417. The molecule has 0 saturated heterocycles. The Morgan fingerprint density at radius 3 is 1.76 bits per heavy atom. The smallest absolute Gasteiger partial charge is 0.416 e. The van der Waals surface area contributed by atoms with E-state index in [1.165, 1.54) is 0 Å². The third-order valence-corrected chi connectivity index (χ3v) is 2.79. The molecular weight excluding hydrogens is 304 g/mol. The lowest BCUT2D eigenvalue weighted by Crippen LogP contribution is -2.19. The molecule has 0 bridgehead atoms. The molecule has 0 aliphatic rings. The maximum atomic E-state index is 12.7. The average molecular weight is 315 g/mol. The minimum absolute atomic E-state index is 0.0160. The second kappa shape index (κ2) is 5.92. The maximum Gasteiger partial charge on any atom is 0.416 e. The van der Waals surface area contributed by atoms with Gasteiger partial charge in [0.25, 0.3) is 0 Å². The van der Waals surface area contributed by atoms with Crippen LogP contribution in [0.5, 0.6) is 0 Å². The average Bonchev–Trinajstić information content (AvgIpc) is 2.33. The fourth-order valence-corrected chi connectivity index (χ4v) is 1.76. The Hall–Kier alpha value is -1.77. The van der Waals surface area contributed by atoms with Crippen LogP contribution >= 0.6 is 0 Å². The van der Waals surface area contributed by atoms with Crippen LogP contribution in [0.25, 0.3) is 0 Å². The molecule has 0 fully saturated rings. The minimum atomic E-state index is -4.97. The van der Waals surface area contributed by atoms with Gasteiger partial charge in [-0.15, -0.1) is 0 Å². The van der Waals surface area contributed by atoms with Crippen molar-refractivity contribution in [1.82, 2.24) is 0 Å². The van der Waals surface area contributed by atoms with Crippen molar-refractivity contribution in [2.24, 2.45) is 5.73 Å². The summed E-state index contributed by atoms with van der Waals surface area (Å²) in [5.74, 6) is -2.50. The molecule has 0 heterocycles. The second-order valence-corrected chi connectivity index (χ2v) is 4.37. The van der Waals surface area contributed by atoms with Gasteiger partial charge in [-0.2, -0.15) is 26.3 Å². The molecule has 9 heteroatoms. The van der Waals surface area contributed by atoms with Crippen molar-refractivity contribution >= 4 is 5.97 Å². The minimum Gasteiger partial charge on any atom is -0.481 e. The molecule has 3 N–H and O–H groups in total. The van der Waals surface area contributed by atoms with Crippen molar-refractivity contribution in [3.05, 3.63) is 34.9 Å². The monoisotopic (exact) mass is 315 g/mol. The summed E-state index contributed by atoms with van der Waals surface area (Å²) in [7, 11) is 0. The SMILES string of the molecule is NCC(CC(=O)O)c1cc(C(F)(F)F)cc(C(F)(F)F)c1. The fourth-order valence-electron chi connectivity index (χ4n) is 1.76. The largest absolute Gasteiger partial charge is 0.481 e. The Bertz CT molecular complexity index is 491. The molecule has 1 unspecified atom stereocenters. The molecule has 0 aromatic heterocycles. The summed E-state index contributed by atoms with van der Waals surface area (Å²) in [4.78, 5) is 10.6. The summed E-state index contributed by atoms with van der Waals surface area (Å²) < 4.78 is 75.9. The topological polar surface area (TPSA) is 63.3 Å². The number of hydrogen-bond donors (Lipinski definition) is 2. The van der Waals surface area contributed by atoms with Crippen LogP contribution in [0.15, 0.2) is 18.2 Å². The van der Waals surface area contributed by atoms with Gasteiger partial charge in [0.15, 0.2) is 0 Å². The van der Waals surface area contributed by atoms with Gasteiger partial charge in [0, 0.05) is 5.92 Å². The summed E-state index contributed by atoms with van der Waals surface area (Å²) in [6.45, 7) is -0.384. The molecule has 0 aliphatic heterocycles. The van der Waals surface area contributed by atoms with Gasteiger partial charge in [-0.05, 0) is 30.3 Å². The molecule has 1 aromatic carbocycles. The van der Waals surface area contributed by atoms with E-state index in [1.807, 2.05) is 0 Å². The zero-order valence-electron chi connectivity index (χ0n) is 10.4. The van der Waals surface area contributed by atoms with Crippen molar-refractivity contribution in [3.8, 4) is 0 Å². The Labute approximate surface area is 115 Å². The third kappa shape index (κ3) is 4.62. The molecule has 21 heavy (non-hydrogen) atoms. The first-order valence-electron chi connectivity index (χ1n) is 5.66. The van der Waals surface area contributed by atoms with E-state index in [9.17, 15) is 31.1 Å². The predicted octanol–water partition coefficient (Wildman–Crippen LogP) is 3.24. The van der Waals surface area contributed by atoms with Crippen LogP contribution in [-0.2, 0) is 17.1 Å². The lowest BCUT2D eigenvalue weighted by Gasteiger charge is -2.18. The molecule has 0 radical (unpaired) electrons. The van der Waals surface area contributed by atoms with E-state index < -0.39 is 47.4 Å². The summed E-state index contributed by atoms with van der Waals surface area (Å²) in [6, 6.07) is 0.975. The van der Waals surface area contributed by atoms with E-state index in [2.05, 4.69) is 0 Å². The lowest BCUT2D eigenvalue weighted by molar-refractivity contribution is -0.143. The molecule has 3 nitrogen and oxygen atoms in total. The zero-order chi connectivity index (χ0) is 16.4. The number of carbonyl (C=O) groups is 1. The number of halogens is 6. The van der Waals surface area contributed by atoms with E-state index in [-0.39, 0.29) is 12.6 Å². The first-order valence-corrected chi connectivity index (χ1v) is 5.66. The Morgan fingerprint density at radius 2 is 1.48 bits per heavy atom. The summed E-state index contributed by atoms with van der Waals surface area (Å²) in [5.41, 5.74) is 1.87. The van der Waals surface area contributed by atoms with Crippen molar-refractivity contribution in [2.45, 2.75) is 24.7 Å². The number of carboxylic acids is 1. The van der Waals surface area contributed by atoms with E-state index in [1.54, 1.807) is 0 Å². The van der Waals surface area contributed by atoms with Crippen LogP contribution in [0.1, 0.15) is 29.0 Å². The quantitative estimate of drug-likeness (QED) is 0.839. The molecule has 1 atom stereocenters. The van der Waals surface area contributed by atoms with E-state index >= 15 is 0 Å². The van der Waals surface area contributed by atoms with Gasteiger partial charge in [-0.25, -0.2) is 0 Å². The Kier molecular flexibility index (Phi) is 4.87. The van der Waals surface area contributed by atoms with Crippen LogP contribution < -0.4 is 5.73 Å². The van der Waals surface area contributed by atoms with Gasteiger partial charge in [0.05, 0.1) is 17.5 Å². The van der Waals surface area contributed by atoms with Crippen LogP contribution in [0.3, 0.4) is 0 Å². The second-order valence-electron chi connectivity index (χ2n) is 4.37. The lowest BCUT2D eigenvalue weighted by atomic mass is 9.92. The predicted molar refractivity (Wildman–Crippen MR) is 60.5 cm³/mol. The van der Waals surface area contributed by atoms with Gasteiger partial charge >= 0.3 is 18.3 Å². The van der Waals surface area contributed by atoms with E-state index in [4.69, 9.17) is 10.8 Å². The Balaban J connectivity index is 3.40. The summed E-state index contributed by atoms with van der Waals surface area (Å²) in [6.07, 6.45) is -10.6. The standard InChI is InChI=1S/C12H11F6NO2/c13-11(14,15)8-1-6(7(5-19)3-10(20)21)2-9(4-8)12(16,17)18/h1-2,4,7H,3,5,19H2,(H,20,21). The molecule has 0 aliphatic carbocycles. The van der Waals surface area contributed by atoms with Gasteiger partial charge in [-0.3, -0.25) is 4.79 Å². The molecule has 0 spiro atoms. The molecular formula is C12H11F6NO2. The highest BCUT2D eigenvalue weighted by Crippen LogP contribution is 2.38. The number of nitrogens with two attached hydrogens (primary N) is 1. The number of benzene rings is 1. The van der Waals surface area contributed by atoms with Crippen LogP contribution in [0.2, 0.25) is 0 Å². The number of aliphatic carboxylic acids is 1. The number of carboxylic acid groups (broad SMARTS) is 1. The zero-order valence-corrected chi connectivity index (χ0v) is 10.4. The highest BCUT2D eigenvalue weighted by Gasteiger charge is 2.37. The summed E-state index contributed by atoms with van der Waals surface area (Å²) >= 11 is 0. The van der Waals surface area contributed by atoms with Crippen LogP contribution in [0.4, 0.5) is 26.3 Å². The van der Waals surface area contributed by atoms with Gasteiger partial charge in [-0.1, -0.05) is 0 Å². The van der Waals surface area contributed by atoms with E-state index in [0.29, 0.717) is 12.1 Å². The first-order chi connectivity index (χ1) is 9.45. The van der Waals surface area contributed by atoms with E-state index in [0.717, 1.165) is 0 Å². The third-order valence-electron chi connectivity index (χ3n) is 2.79. The maximum absolute atomic E-state index is 12.7. The number of rotatable bonds is 4. The van der Waals surface area contributed by atoms with Crippen molar-refractivity contribution in [3.63, 3.8) is 0 Å². The van der Waals surface area contributed by atoms with Gasteiger partial charge < -0.3 is 10.8 Å². The van der Waals surface area contributed by atoms with Crippen LogP contribution in [-0.4, -0.2) is 17.6 Å². The summed E-state index contributed by atoms with van der Waals surface area (Å²) in [5, 5.41) is 8.63. The van der Waals surface area contributed by atoms with Crippen molar-refractivity contribution in [1.29, 1.82) is 0 Å². The highest BCUT2D eigenvalue weighted by atomic mass is 19.4. The molecule has 1 rings (SSSR count).